The van der Waals surface area contributed by atoms with Crippen molar-refractivity contribution in [3.8, 4) is 0 Å². The van der Waals surface area contributed by atoms with Crippen LogP contribution in [-0.4, -0.2) is 16.3 Å². The van der Waals surface area contributed by atoms with Gasteiger partial charge >= 0.3 is 0 Å². The van der Waals surface area contributed by atoms with E-state index < -0.39 is 0 Å². The van der Waals surface area contributed by atoms with Crippen LogP contribution in [0, 0.1) is 11.8 Å². The molecule has 2 fully saturated rings. The normalized spacial score (nSPS) is 34.1. The number of carbonyl (C=O) groups is 1. The van der Waals surface area contributed by atoms with E-state index >= 15 is 0 Å². The molecule has 92 valence electrons. The van der Waals surface area contributed by atoms with Crippen LogP contribution in [0.25, 0.3) is 0 Å². The molecule has 0 spiro atoms. The number of ketones is 1. The van der Waals surface area contributed by atoms with Gasteiger partial charge in [0.2, 0.25) is 0 Å². The minimum atomic E-state index is 0.412. The number of thioether (sulfide) groups is 1. The first-order valence-corrected chi connectivity index (χ1v) is 7.77. The molecule has 0 aliphatic carbocycles. The Bertz CT molecular complexity index is 237. The largest absolute Gasteiger partial charge is 0.299 e. The van der Waals surface area contributed by atoms with Gasteiger partial charge in [-0.15, -0.1) is 0 Å². The van der Waals surface area contributed by atoms with Gasteiger partial charge in [-0.25, -0.2) is 0 Å². The Morgan fingerprint density at radius 2 is 1.88 bits per heavy atom. The van der Waals surface area contributed by atoms with Crippen molar-refractivity contribution in [3.63, 3.8) is 0 Å². The molecule has 0 saturated carbocycles. The van der Waals surface area contributed by atoms with Crippen LogP contribution in [0.3, 0.4) is 0 Å². The monoisotopic (exact) mass is 240 g/mol. The fourth-order valence-corrected chi connectivity index (χ4v) is 4.79. The highest BCUT2D eigenvalue weighted by molar-refractivity contribution is 8.00. The highest BCUT2D eigenvalue weighted by atomic mass is 32.2. The molecule has 16 heavy (non-hydrogen) atoms. The average Bonchev–Trinajstić information content (AvgIpc) is 2.25. The third kappa shape index (κ3) is 3.26. The van der Waals surface area contributed by atoms with Crippen LogP contribution in [0.15, 0.2) is 0 Å². The maximum atomic E-state index is 12.1. The SMILES string of the molecule is CC(C)CCC(=O)C1CC2CCCC(C1)S2. The molecule has 0 aromatic heterocycles. The Morgan fingerprint density at radius 1 is 1.25 bits per heavy atom. The first-order chi connectivity index (χ1) is 7.65. The van der Waals surface area contributed by atoms with E-state index in [4.69, 9.17) is 0 Å². The Balaban J connectivity index is 1.83. The van der Waals surface area contributed by atoms with Crippen LogP contribution in [0.1, 0.15) is 58.8 Å². The fourth-order valence-electron chi connectivity index (χ4n) is 2.96. The Hall–Kier alpha value is 0.0200. The molecule has 2 saturated heterocycles. The lowest BCUT2D eigenvalue weighted by molar-refractivity contribution is -0.123. The second-order valence-electron chi connectivity index (χ2n) is 5.88. The predicted molar refractivity (Wildman–Crippen MR) is 70.8 cm³/mol. The van der Waals surface area contributed by atoms with E-state index in [1.807, 2.05) is 0 Å². The van der Waals surface area contributed by atoms with E-state index in [2.05, 4.69) is 25.6 Å². The summed E-state index contributed by atoms with van der Waals surface area (Å²) in [4.78, 5) is 12.1. The summed E-state index contributed by atoms with van der Waals surface area (Å²) in [5.74, 6) is 1.64. The Kier molecular flexibility index (Phi) is 4.34. The van der Waals surface area contributed by atoms with Gasteiger partial charge in [0.1, 0.15) is 5.78 Å². The third-order valence-electron chi connectivity index (χ3n) is 3.96. The number of carbonyl (C=O) groups excluding carboxylic acids is 1. The van der Waals surface area contributed by atoms with Gasteiger partial charge < -0.3 is 0 Å². The lowest BCUT2D eigenvalue weighted by Crippen LogP contribution is -2.32. The molecular weight excluding hydrogens is 216 g/mol. The highest BCUT2D eigenvalue weighted by Gasteiger charge is 2.35. The number of rotatable bonds is 4. The van der Waals surface area contributed by atoms with E-state index in [0.717, 1.165) is 23.3 Å². The average molecular weight is 240 g/mol. The molecule has 2 rings (SSSR count). The lowest BCUT2D eigenvalue weighted by atomic mass is 9.84. The Labute approximate surface area is 104 Å². The molecule has 2 bridgehead atoms. The zero-order valence-corrected chi connectivity index (χ0v) is 11.4. The van der Waals surface area contributed by atoms with E-state index in [-0.39, 0.29) is 0 Å². The fraction of sp³-hybridized carbons (Fsp3) is 0.929. The summed E-state index contributed by atoms with van der Waals surface area (Å²) in [5.41, 5.74) is 0. The smallest absolute Gasteiger partial charge is 0.136 e. The van der Waals surface area contributed by atoms with Crippen LogP contribution in [0.4, 0.5) is 0 Å². The van der Waals surface area contributed by atoms with Gasteiger partial charge in [0.15, 0.2) is 0 Å². The van der Waals surface area contributed by atoms with Gasteiger partial charge in [0.25, 0.3) is 0 Å². The summed E-state index contributed by atoms with van der Waals surface area (Å²) < 4.78 is 0. The number of hydrogen-bond acceptors (Lipinski definition) is 2. The summed E-state index contributed by atoms with van der Waals surface area (Å²) in [6.07, 6.45) is 8.37. The zero-order valence-electron chi connectivity index (χ0n) is 10.6. The van der Waals surface area contributed by atoms with Crippen LogP contribution >= 0.6 is 11.8 Å². The van der Waals surface area contributed by atoms with Gasteiger partial charge in [0, 0.05) is 22.8 Å². The number of fused-ring (bicyclic) bond motifs is 2. The van der Waals surface area contributed by atoms with Gasteiger partial charge in [-0.1, -0.05) is 20.3 Å². The summed E-state index contributed by atoms with van der Waals surface area (Å²) in [6, 6.07) is 0. The molecular formula is C14H24OS. The van der Waals surface area contributed by atoms with Crippen molar-refractivity contribution in [3.05, 3.63) is 0 Å². The van der Waals surface area contributed by atoms with Crippen molar-refractivity contribution >= 4 is 17.5 Å². The molecule has 2 heterocycles. The van der Waals surface area contributed by atoms with Crippen molar-refractivity contribution < 1.29 is 4.79 Å². The maximum Gasteiger partial charge on any atom is 0.136 e. The molecule has 1 nitrogen and oxygen atoms in total. The topological polar surface area (TPSA) is 17.1 Å². The molecule has 2 heteroatoms. The van der Waals surface area contributed by atoms with Crippen molar-refractivity contribution in [2.75, 3.05) is 0 Å². The van der Waals surface area contributed by atoms with Crippen molar-refractivity contribution in [2.24, 2.45) is 11.8 Å². The number of hydrogen-bond donors (Lipinski definition) is 0. The summed E-state index contributed by atoms with van der Waals surface area (Å²) in [7, 11) is 0. The zero-order chi connectivity index (χ0) is 11.5. The molecule has 0 N–H and O–H groups in total. The van der Waals surface area contributed by atoms with Crippen LogP contribution < -0.4 is 0 Å². The molecule has 2 aliphatic rings. The molecule has 2 unspecified atom stereocenters. The van der Waals surface area contributed by atoms with E-state index in [1.54, 1.807) is 0 Å². The second kappa shape index (κ2) is 5.57. The van der Waals surface area contributed by atoms with Gasteiger partial charge in [-0.2, -0.15) is 11.8 Å². The van der Waals surface area contributed by atoms with Crippen molar-refractivity contribution in [1.82, 2.24) is 0 Å². The first kappa shape index (κ1) is 12.5. The van der Waals surface area contributed by atoms with Crippen molar-refractivity contribution in [1.29, 1.82) is 0 Å². The molecule has 2 atom stereocenters. The van der Waals surface area contributed by atoms with Crippen LogP contribution in [0.2, 0.25) is 0 Å². The van der Waals surface area contributed by atoms with Crippen molar-refractivity contribution in [2.45, 2.75) is 69.3 Å². The molecule has 0 amide bonds. The predicted octanol–water partition coefficient (Wildman–Crippen LogP) is 4.06. The van der Waals surface area contributed by atoms with Crippen LogP contribution in [0.5, 0.6) is 0 Å². The minimum Gasteiger partial charge on any atom is -0.299 e. The third-order valence-corrected chi connectivity index (χ3v) is 5.58. The molecule has 0 aromatic carbocycles. The van der Waals surface area contributed by atoms with Gasteiger partial charge in [0.05, 0.1) is 0 Å². The van der Waals surface area contributed by atoms with Crippen LogP contribution in [-0.2, 0) is 4.79 Å². The number of Topliss-reactive ketones (excluding diaryl/α,β-unsaturated/α-hetero) is 1. The first-order valence-electron chi connectivity index (χ1n) is 6.83. The molecule has 0 aromatic rings. The van der Waals surface area contributed by atoms with Gasteiger partial charge in [-0.3, -0.25) is 4.79 Å². The van der Waals surface area contributed by atoms with E-state index in [0.29, 0.717) is 17.6 Å². The maximum absolute atomic E-state index is 12.1. The van der Waals surface area contributed by atoms with Gasteiger partial charge in [-0.05, 0) is 38.0 Å². The standard InChI is InChI=1S/C14H24OS/c1-10(2)6-7-14(15)11-8-12-4-3-5-13(9-11)16-12/h10-13H,3-9H2,1-2H3. The second-order valence-corrected chi connectivity index (χ2v) is 7.48. The lowest BCUT2D eigenvalue weighted by Gasteiger charge is -2.38. The Morgan fingerprint density at radius 3 is 2.44 bits per heavy atom. The molecule has 2 aliphatic heterocycles. The summed E-state index contributed by atoms with van der Waals surface area (Å²) in [6.45, 7) is 4.41. The van der Waals surface area contributed by atoms with E-state index in [9.17, 15) is 4.79 Å². The minimum absolute atomic E-state index is 0.412. The summed E-state index contributed by atoms with van der Waals surface area (Å²) in [5, 5.41) is 1.61. The quantitative estimate of drug-likeness (QED) is 0.737. The summed E-state index contributed by atoms with van der Waals surface area (Å²) >= 11 is 2.17. The highest BCUT2D eigenvalue weighted by Crippen LogP contribution is 2.44. The van der Waals surface area contributed by atoms with E-state index in [1.165, 1.54) is 32.1 Å². The molecule has 0 radical (unpaired) electrons.